The Morgan fingerprint density at radius 1 is 0.306 bits per heavy atom. The van der Waals surface area contributed by atoms with Crippen LogP contribution < -0.4 is 0 Å². The van der Waals surface area contributed by atoms with Gasteiger partial charge in [0.25, 0.3) is 0 Å². The van der Waals surface area contributed by atoms with Gasteiger partial charge in [-0.3, -0.25) is 0 Å². The fourth-order valence-electron chi connectivity index (χ4n) is 3.48. The first-order chi connectivity index (χ1) is 17.7. The average Bonchev–Trinajstić information content (AvgIpc) is 2.96. The average molecular weight is 461 g/mol. The molecule has 0 bridgehead atoms. The summed E-state index contributed by atoms with van der Waals surface area (Å²) in [6.07, 6.45) is 0. The molecular formula is C32H20N4. The Morgan fingerprint density at radius 3 is 0.611 bits per heavy atom. The molecule has 0 aliphatic heterocycles. The number of nitrogens with zero attached hydrogens (tertiary/aromatic N) is 4. The zero-order chi connectivity index (χ0) is 25.6. The van der Waals surface area contributed by atoms with Crippen molar-refractivity contribution in [3.8, 4) is 24.3 Å². The highest BCUT2D eigenvalue weighted by molar-refractivity contribution is 6.03. The quantitative estimate of drug-likeness (QED) is 0.236. The molecule has 0 unspecified atom stereocenters. The summed E-state index contributed by atoms with van der Waals surface area (Å²) in [6, 6.07) is 45.5. The van der Waals surface area contributed by atoms with E-state index in [1.54, 1.807) is 0 Å². The van der Waals surface area contributed by atoms with E-state index >= 15 is 0 Å². The van der Waals surface area contributed by atoms with Crippen LogP contribution in [0, 0.1) is 45.3 Å². The van der Waals surface area contributed by atoms with E-state index in [-0.39, 0.29) is 0 Å². The molecule has 0 aromatic heterocycles. The molecule has 0 aliphatic carbocycles. The number of hydrogen-bond donors (Lipinski definition) is 0. The van der Waals surface area contributed by atoms with E-state index < -0.39 is 0 Å². The maximum Gasteiger partial charge on any atom is 0.101 e. The SMILES string of the molecule is N#CC(=C(C#N)c1ccccc1)c1ccccc1.N#CC(=C(C#N)c1ccccc1)c1ccccc1. The van der Waals surface area contributed by atoms with Gasteiger partial charge in [-0.25, -0.2) is 0 Å². The van der Waals surface area contributed by atoms with Gasteiger partial charge in [0.1, 0.15) is 24.3 Å². The van der Waals surface area contributed by atoms with Crippen LogP contribution in [0.5, 0.6) is 0 Å². The molecule has 0 heterocycles. The summed E-state index contributed by atoms with van der Waals surface area (Å²) in [5.74, 6) is 0. The Kier molecular flexibility index (Phi) is 9.10. The Hall–Kier alpha value is -5.68. The van der Waals surface area contributed by atoms with Crippen molar-refractivity contribution in [2.24, 2.45) is 0 Å². The fraction of sp³-hybridized carbons (Fsp3) is 0. The van der Waals surface area contributed by atoms with Crippen LogP contribution in [0.3, 0.4) is 0 Å². The minimum atomic E-state index is 0.407. The predicted octanol–water partition coefficient (Wildman–Crippen LogP) is 7.29. The van der Waals surface area contributed by atoms with Gasteiger partial charge in [-0.1, -0.05) is 121 Å². The third-order valence-electron chi connectivity index (χ3n) is 5.20. The molecule has 0 atom stereocenters. The lowest BCUT2D eigenvalue weighted by molar-refractivity contribution is 1.50. The summed E-state index contributed by atoms with van der Waals surface area (Å²) in [5, 5.41) is 37.1. The standard InChI is InChI=1S/2C16H10N2/c2*17-11-15(13-7-3-1-4-8-13)16(12-18)14-9-5-2-6-10-14/h2*1-10H. The molecule has 0 radical (unpaired) electrons. The van der Waals surface area contributed by atoms with Gasteiger partial charge in [0.15, 0.2) is 0 Å². The molecule has 0 amide bonds. The molecule has 4 nitrogen and oxygen atoms in total. The van der Waals surface area contributed by atoms with Gasteiger partial charge < -0.3 is 0 Å². The molecule has 0 spiro atoms. The van der Waals surface area contributed by atoms with Gasteiger partial charge in [0, 0.05) is 0 Å². The first-order valence-corrected chi connectivity index (χ1v) is 11.0. The highest BCUT2D eigenvalue weighted by Gasteiger charge is 2.11. The van der Waals surface area contributed by atoms with Crippen LogP contribution in [0.2, 0.25) is 0 Å². The highest BCUT2D eigenvalue weighted by atomic mass is 14.3. The number of hydrogen-bond acceptors (Lipinski definition) is 4. The fourth-order valence-corrected chi connectivity index (χ4v) is 3.48. The van der Waals surface area contributed by atoms with E-state index in [9.17, 15) is 21.0 Å². The summed E-state index contributed by atoms with van der Waals surface area (Å²) < 4.78 is 0. The Bertz CT molecular complexity index is 1280. The molecular weight excluding hydrogens is 440 g/mol. The second-order valence-electron chi connectivity index (χ2n) is 7.41. The lowest BCUT2D eigenvalue weighted by Gasteiger charge is -2.03. The van der Waals surface area contributed by atoms with Gasteiger partial charge >= 0.3 is 0 Å². The largest absolute Gasteiger partial charge is 0.192 e. The molecule has 4 heteroatoms. The second-order valence-corrected chi connectivity index (χ2v) is 7.41. The van der Waals surface area contributed by atoms with Crippen molar-refractivity contribution in [3.63, 3.8) is 0 Å². The number of benzene rings is 4. The summed E-state index contributed by atoms with van der Waals surface area (Å²) in [5.41, 5.74) is 4.68. The van der Waals surface area contributed by atoms with Gasteiger partial charge in [0.2, 0.25) is 0 Å². The van der Waals surface area contributed by atoms with Crippen molar-refractivity contribution in [2.75, 3.05) is 0 Å². The normalized spacial score (nSPS) is 11.0. The van der Waals surface area contributed by atoms with E-state index in [1.807, 2.05) is 121 Å². The van der Waals surface area contributed by atoms with Gasteiger partial charge in [-0.05, 0) is 22.3 Å². The third kappa shape index (κ3) is 6.21. The van der Waals surface area contributed by atoms with Crippen molar-refractivity contribution in [3.05, 3.63) is 144 Å². The second kappa shape index (κ2) is 13.1. The van der Waals surface area contributed by atoms with E-state index in [0.717, 1.165) is 22.3 Å². The predicted molar refractivity (Wildman–Crippen MR) is 142 cm³/mol. The van der Waals surface area contributed by atoms with E-state index in [0.29, 0.717) is 22.3 Å². The zero-order valence-corrected chi connectivity index (χ0v) is 19.3. The molecule has 168 valence electrons. The topological polar surface area (TPSA) is 95.2 Å². The minimum Gasteiger partial charge on any atom is -0.192 e. The maximum absolute atomic E-state index is 9.28. The maximum atomic E-state index is 9.28. The van der Waals surface area contributed by atoms with Gasteiger partial charge in [0.05, 0.1) is 22.3 Å². The van der Waals surface area contributed by atoms with Crippen LogP contribution in [-0.4, -0.2) is 0 Å². The monoisotopic (exact) mass is 460 g/mol. The van der Waals surface area contributed by atoms with Crippen molar-refractivity contribution < 1.29 is 0 Å². The Balaban J connectivity index is 0.000000201. The third-order valence-corrected chi connectivity index (χ3v) is 5.20. The number of nitriles is 4. The minimum absolute atomic E-state index is 0.407. The molecule has 0 fully saturated rings. The van der Waals surface area contributed by atoms with E-state index in [1.165, 1.54) is 0 Å². The summed E-state index contributed by atoms with van der Waals surface area (Å²) in [4.78, 5) is 0. The lowest BCUT2D eigenvalue weighted by atomic mass is 9.96. The van der Waals surface area contributed by atoms with Crippen LogP contribution in [0.1, 0.15) is 22.3 Å². The smallest absolute Gasteiger partial charge is 0.101 e. The summed E-state index contributed by atoms with van der Waals surface area (Å²) in [6.45, 7) is 0. The molecule has 4 rings (SSSR count). The van der Waals surface area contributed by atoms with E-state index in [2.05, 4.69) is 24.3 Å². The first-order valence-electron chi connectivity index (χ1n) is 11.0. The first kappa shape index (κ1) is 25.0. The summed E-state index contributed by atoms with van der Waals surface area (Å²) >= 11 is 0. The lowest BCUT2D eigenvalue weighted by Crippen LogP contribution is -1.88. The Labute approximate surface area is 211 Å². The molecule has 0 aliphatic rings. The van der Waals surface area contributed by atoms with Crippen LogP contribution in [0.15, 0.2) is 121 Å². The molecule has 36 heavy (non-hydrogen) atoms. The highest BCUT2D eigenvalue weighted by Crippen LogP contribution is 2.26. The molecule has 0 N–H and O–H groups in total. The number of rotatable bonds is 4. The van der Waals surface area contributed by atoms with Gasteiger partial charge in [-0.2, -0.15) is 21.0 Å². The van der Waals surface area contributed by atoms with Crippen molar-refractivity contribution in [2.45, 2.75) is 0 Å². The van der Waals surface area contributed by atoms with Crippen molar-refractivity contribution in [1.82, 2.24) is 0 Å². The summed E-state index contributed by atoms with van der Waals surface area (Å²) in [7, 11) is 0. The van der Waals surface area contributed by atoms with Crippen molar-refractivity contribution in [1.29, 1.82) is 21.0 Å². The van der Waals surface area contributed by atoms with Crippen molar-refractivity contribution >= 4 is 22.3 Å². The van der Waals surface area contributed by atoms with Crippen LogP contribution in [-0.2, 0) is 0 Å². The molecule has 4 aromatic rings. The molecule has 0 saturated heterocycles. The Morgan fingerprint density at radius 2 is 0.472 bits per heavy atom. The molecule has 0 saturated carbocycles. The van der Waals surface area contributed by atoms with Crippen LogP contribution >= 0.6 is 0 Å². The van der Waals surface area contributed by atoms with Gasteiger partial charge in [-0.15, -0.1) is 0 Å². The van der Waals surface area contributed by atoms with Crippen LogP contribution in [0.4, 0.5) is 0 Å². The van der Waals surface area contributed by atoms with Crippen LogP contribution in [0.25, 0.3) is 22.3 Å². The zero-order valence-electron chi connectivity index (χ0n) is 19.3. The van der Waals surface area contributed by atoms with E-state index in [4.69, 9.17) is 0 Å². The molecule has 4 aromatic carbocycles. The number of allylic oxidation sites excluding steroid dienone is 4.